The fraction of sp³-hybridized carbons (Fsp3) is 0.500. The Labute approximate surface area is 121 Å². The van der Waals surface area contributed by atoms with Crippen molar-refractivity contribution in [3.63, 3.8) is 0 Å². The summed E-state index contributed by atoms with van der Waals surface area (Å²) in [5.41, 5.74) is 2.11. The molecule has 18 heavy (non-hydrogen) atoms. The largest absolute Gasteiger partial charge is 0.378 e. The molecule has 2 rings (SSSR count). The maximum Gasteiger partial charge on any atom is 0.224 e. The highest BCUT2D eigenvalue weighted by molar-refractivity contribution is 14.1. The highest BCUT2D eigenvalue weighted by Gasteiger charge is 2.16. The minimum atomic E-state index is 0.0742. The van der Waals surface area contributed by atoms with Gasteiger partial charge in [0.1, 0.15) is 0 Å². The fourth-order valence-corrected chi connectivity index (χ4v) is 2.57. The lowest BCUT2D eigenvalue weighted by Crippen LogP contribution is -2.15. The Kier molecular flexibility index (Phi) is 5.00. The summed E-state index contributed by atoms with van der Waals surface area (Å²) in [7, 11) is 0. The first-order valence-corrected chi connectivity index (χ1v) is 7.40. The molecule has 1 aliphatic rings. The third kappa shape index (κ3) is 3.95. The summed E-state index contributed by atoms with van der Waals surface area (Å²) in [6, 6.07) is 5.97. The van der Waals surface area contributed by atoms with Crippen LogP contribution in [-0.2, 0) is 9.53 Å². The molecule has 4 heteroatoms. The van der Waals surface area contributed by atoms with Crippen LogP contribution in [0.15, 0.2) is 18.2 Å². The van der Waals surface area contributed by atoms with Gasteiger partial charge in [0, 0.05) is 22.3 Å². The molecule has 1 fully saturated rings. The van der Waals surface area contributed by atoms with Crippen LogP contribution in [0.3, 0.4) is 0 Å². The van der Waals surface area contributed by atoms with Crippen LogP contribution in [0.5, 0.6) is 0 Å². The molecule has 0 radical (unpaired) electrons. The number of amides is 1. The van der Waals surface area contributed by atoms with E-state index in [9.17, 15) is 4.79 Å². The standard InChI is InChI=1S/C14H18INO2/c1-10-4-5-11(9-13(10)15)16-14(17)7-6-12-3-2-8-18-12/h4-5,9,12H,2-3,6-8H2,1H3,(H,16,17)/t12-/m0/s1. The van der Waals surface area contributed by atoms with Crippen molar-refractivity contribution in [3.8, 4) is 0 Å². The number of hydrogen-bond donors (Lipinski definition) is 1. The number of rotatable bonds is 4. The molecule has 0 aromatic heterocycles. The number of nitrogens with one attached hydrogen (secondary N) is 1. The van der Waals surface area contributed by atoms with Gasteiger partial charge >= 0.3 is 0 Å². The van der Waals surface area contributed by atoms with E-state index in [1.165, 1.54) is 9.13 Å². The lowest BCUT2D eigenvalue weighted by atomic mass is 10.1. The molecule has 0 saturated carbocycles. The lowest BCUT2D eigenvalue weighted by Gasteiger charge is -2.10. The van der Waals surface area contributed by atoms with Crippen molar-refractivity contribution in [2.45, 2.75) is 38.7 Å². The molecule has 0 bridgehead atoms. The molecule has 1 N–H and O–H groups in total. The Bertz CT molecular complexity index is 428. The van der Waals surface area contributed by atoms with Crippen molar-refractivity contribution >= 4 is 34.2 Å². The van der Waals surface area contributed by atoms with Crippen molar-refractivity contribution in [1.29, 1.82) is 0 Å². The number of anilines is 1. The monoisotopic (exact) mass is 359 g/mol. The van der Waals surface area contributed by atoms with E-state index in [0.717, 1.165) is 31.6 Å². The first-order chi connectivity index (χ1) is 8.65. The summed E-state index contributed by atoms with van der Waals surface area (Å²) in [6.07, 6.45) is 3.87. The zero-order valence-corrected chi connectivity index (χ0v) is 12.7. The minimum absolute atomic E-state index is 0.0742. The van der Waals surface area contributed by atoms with Crippen molar-refractivity contribution < 1.29 is 9.53 Å². The molecule has 3 nitrogen and oxygen atoms in total. The molecule has 1 aromatic rings. The highest BCUT2D eigenvalue weighted by Crippen LogP contribution is 2.19. The maximum atomic E-state index is 11.8. The normalized spacial score (nSPS) is 18.9. The van der Waals surface area contributed by atoms with Gasteiger partial charge in [-0.2, -0.15) is 0 Å². The van der Waals surface area contributed by atoms with Gasteiger partial charge in [0.05, 0.1) is 6.10 Å². The van der Waals surface area contributed by atoms with E-state index >= 15 is 0 Å². The lowest BCUT2D eigenvalue weighted by molar-refractivity contribution is -0.116. The van der Waals surface area contributed by atoms with Crippen LogP contribution in [0.2, 0.25) is 0 Å². The van der Waals surface area contributed by atoms with Gasteiger partial charge < -0.3 is 10.1 Å². The quantitative estimate of drug-likeness (QED) is 0.836. The fourth-order valence-electron chi connectivity index (χ4n) is 2.06. The van der Waals surface area contributed by atoms with Crippen molar-refractivity contribution in [1.82, 2.24) is 0 Å². The van der Waals surface area contributed by atoms with E-state index in [-0.39, 0.29) is 12.0 Å². The second-order valence-electron chi connectivity index (χ2n) is 4.69. The summed E-state index contributed by atoms with van der Waals surface area (Å²) in [5, 5.41) is 2.93. The van der Waals surface area contributed by atoms with E-state index in [1.807, 2.05) is 18.2 Å². The number of benzene rings is 1. The Morgan fingerprint density at radius 1 is 1.56 bits per heavy atom. The maximum absolute atomic E-state index is 11.8. The molecule has 1 aliphatic heterocycles. The molecule has 1 heterocycles. The van der Waals surface area contributed by atoms with Crippen LogP contribution in [0.1, 0.15) is 31.2 Å². The molecular formula is C14H18INO2. The smallest absolute Gasteiger partial charge is 0.224 e. The Balaban J connectivity index is 1.80. The molecule has 0 unspecified atom stereocenters. The summed E-state index contributed by atoms with van der Waals surface area (Å²) >= 11 is 2.28. The Morgan fingerprint density at radius 2 is 2.39 bits per heavy atom. The van der Waals surface area contributed by atoms with Crippen LogP contribution in [0.25, 0.3) is 0 Å². The van der Waals surface area contributed by atoms with Gasteiger partial charge in [-0.1, -0.05) is 6.07 Å². The molecular weight excluding hydrogens is 341 g/mol. The zero-order valence-electron chi connectivity index (χ0n) is 10.5. The van der Waals surface area contributed by atoms with Crippen LogP contribution < -0.4 is 5.32 Å². The van der Waals surface area contributed by atoms with Crippen molar-refractivity contribution in [2.75, 3.05) is 11.9 Å². The third-order valence-electron chi connectivity index (χ3n) is 3.17. The first-order valence-electron chi connectivity index (χ1n) is 6.33. The van der Waals surface area contributed by atoms with Crippen LogP contribution >= 0.6 is 22.6 Å². The average molecular weight is 359 g/mol. The Morgan fingerprint density at radius 3 is 3.06 bits per heavy atom. The van der Waals surface area contributed by atoms with Crippen LogP contribution in [0, 0.1) is 10.5 Å². The van der Waals surface area contributed by atoms with Gasteiger partial charge in [0.25, 0.3) is 0 Å². The summed E-state index contributed by atoms with van der Waals surface area (Å²) in [5.74, 6) is 0.0742. The SMILES string of the molecule is Cc1ccc(NC(=O)CC[C@@H]2CCCO2)cc1I. The van der Waals surface area contributed by atoms with Crippen LogP contribution in [0.4, 0.5) is 5.69 Å². The molecule has 1 atom stereocenters. The molecule has 1 saturated heterocycles. The predicted molar refractivity (Wildman–Crippen MR) is 80.7 cm³/mol. The third-order valence-corrected chi connectivity index (χ3v) is 4.34. The topological polar surface area (TPSA) is 38.3 Å². The van der Waals surface area contributed by atoms with E-state index in [2.05, 4.69) is 34.8 Å². The van der Waals surface area contributed by atoms with E-state index in [0.29, 0.717) is 6.42 Å². The van der Waals surface area contributed by atoms with E-state index < -0.39 is 0 Å². The van der Waals surface area contributed by atoms with Crippen LogP contribution in [-0.4, -0.2) is 18.6 Å². The molecule has 1 aromatic carbocycles. The number of ether oxygens (including phenoxy) is 1. The number of aryl methyl sites for hydroxylation is 1. The molecule has 98 valence electrons. The predicted octanol–water partition coefficient (Wildman–Crippen LogP) is 3.50. The van der Waals surface area contributed by atoms with Gasteiger partial charge in [0.15, 0.2) is 0 Å². The first kappa shape index (κ1) is 13.8. The number of carbonyl (C=O) groups excluding carboxylic acids is 1. The van der Waals surface area contributed by atoms with Gasteiger partial charge in [-0.25, -0.2) is 0 Å². The summed E-state index contributed by atoms with van der Waals surface area (Å²) in [6.45, 7) is 2.91. The summed E-state index contributed by atoms with van der Waals surface area (Å²) in [4.78, 5) is 11.8. The second kappa shape index (κ2) is 6.52. The number of hydrogen-bond acceptors (Lipinski definition) is 2. The number of carbonyl (C=O) groups is 1. The van der Waals surface area contributed by atoms with Crippen molar-refractivity contribution in [2.24, 2.45) is 0 Å². The molecule has 1 amide bonds. The van der Waals surface area contributed by atoms with Gasteiger partial charge in [0.2, 0.25) is 5.91 Å². The zero-order chi connectivity index (χ0) is 13.0. The molecule has 0 spiro atoms. The molecule has 0 aliphatic carbocycles. The van der Waals surface area contributed by atoms with Gasteiger partial charge in [-0.3, -0.25) is 4.79 Å². The second-order valence-corrected chi connectivity index (χ2v) is 5.85. The average Bonchev–Trinajstić information content (AvgIpc) is 2.84. The minimum Gasteiger partial charge on any atom is -0.378 e. The van der Waals surface area contributed by atoms with Gasteiger partial charge in [-0.15, -0.1) is 0 Å². The number of halogens is 1. The van der Waals surface area contributed by atoms with Gasteiger partial charge in [-0.05, 0) is 66.5 Å². The highest BCUT2D eigenvalue weighted by atomic mass is 127. The van der Waals surface area contributed by atoms with E-state index in [1.54, 1.807) is 0 Å². The summed E-state index contributed by atoms with van der Waals surface area (Å²) < 4.78 is 6.68. The van der Waals surface area contributed by atoms with E-state index in [4.69, 9.17) is 4.74 Å². The van der Waals surface area contributed by atoms with Crippen molar-refractivity contribution in [3.05, 3.63) is 27.3 Å². The Hall–Kier alpha value is -0.620.